The second-order valence-electron chi connectivity index (χ2n) is 8.10. The molecule has 33 heavy (non-hydrogen) atoms. The van der Waals surface area contributed by atoms with Crippen LogP contribution in [0.4, 0.5) is 0 Å². The first-order valence-corrected chi connectivity index (χ1v) is 12.5. The van der Waals surface area contributed by atoms with E-state index < -0.39 is 10.0 Å². The molecule has 1 heterocycles. The van der Waals surface area contributed by atoms with Crippen LogP contribution >= 0.6 is 0 Å². The quantitative estimate of drug-likeness (QED) is 0.526. The highest BCUT2D eigenvalue weighted by Crippen LogP contribution is 2.28. The van der Waals surface area contributed by atoms with Gasteiger partial charge in [0.2, 0.25) is 10.0 Å². The van der Waals surface area contributed by atoms with Crippen molar-refractivity contribution in [2.24, 2.45) is 0 Å². The Morgan fingerprint density at radius 3 is 2.06 bits per heavy atom. The molecule has 0 N–H and O–H groups in total. The van der Waals surface area contributed by atoms with Crippen LogP contribution in [0.5, 0.6) is 5.75 Å². The molecule has 172 valence electrons. The second kappa shape index (κ2) is 10.2. The highest BCUT2D eigenvalue weighted by Gasteiger charge is 2.35. The first-order chi connectivity index (χ1) is 16.0. The molecule has 0 aromatic heterocycles. The third-order valence-electron chi connectivity index (χ3n) is 6.03. The number of likely N-dealkylation sites (tertiary alicyclic amines) is 1. The highest BCUT2D eigenvalue weighted by atomic mass is 32.2. The van der Waals surface area contributed by atoms with Gasteiger partial charge in [0, 0.05) is 31.2 Å². The van der Waals surface area contributed by atoms with Gasteiger partial charge in [0.05, 0.1) is 12.0 Å². The summed E-state index contributed by atoms with van der Waals surface area (Å²) in [7, 11) is -2.19. The Labute approximate surface area is 195 Å². The molecule has 7 heteroatoms. The predicted octanol–water partition coefficient (Wildman–Crippen LogP) is 4.19. The van der Waals surface area contributed by atoms with Crippen molar-refractivity contribution >= 4 is 15.9 Å². The second-order valence-corrected chi connectivity index (χ2v) is 9.99. The zero-order chi connectivity index (χ0) is 23.3. The van der Waals surface area contributed by atoms with E-state index in [9.17, 15) is 13.2 Å². The van der Waals surface area contributed by atoms with E-state index in [1.807, 2.05) is 65.6 Å². The molecule has 1 fully saturated rings. The van der Waals surface area contributed by atoms with Crippen molar-refractivity contribution in [2.75, 3.05) is 20.2 Å². The SMILES string of the molecule is COc1ccc(S(=O)(=O)N(Cc2ccccc2)C2CCN(C(=O)c3ccccc3)CC2)cc1. The Balaban J connectivity index is 1.56. The van der Waals surface area contributed by atoms with E-state index in [1.54, 1.807) is 35.7 Å². The fraction of sp³-hybridized carbons (Fsp3) is 0.269. The smallest absolute Gasteiger partial charge is 0.253 e. The van der Waals surface area contributed by atoms with Gasteiger partial charge < -0.3 is 9.64 Å². The van der Waals surface area contributed by atoms with Crippen LogP contribution in [0.1, 0.15) is 28.8 Å². The minimum absolute atomic E-state index is 0.0123. The predicted molar refractivity (Wildman–Crippen MR) is 128 cm³/mol. The number of methoxy groups -OCH3 is 1. The van der Waals surface area contributed by atoms with E-state index in [0.29, 0.717) is 37.2 Å². The average molecular weight is 465 g/mol. The van der Waals surface area contributed by atoms with Gasteiger partial charge >= 0.3 is 0 Å². The molecule has 0 aliphatic carbocycles. The zero-order valence-corrected chi connectivity index (χ0v) is 19.4. The fourth-order valence-corrected chi connectivity index (χ4v) is 5.85. The lowest BCUT2D eigenvalue weighted by molar-refractivity contribution is 0.0676. The number of ether oxygens (including phenoxy) is 1. The molecule has 1 amide bonds. The number of hydrogen-bond donors (Lipinski definition) is 0. The number of hydrogen-bond acceptors (Lipinski definition) is 4. The molecular formula is C26H28N2O4S. The van der Waals surface area contributed by atoms with Gasteiger partial charge in [0.1, 0.15) is 5.75 Å². The molecule has 6 nitrogen and oxygen atoms in total. The van der Waals surface area contributed by atoms with Crippen molar-refractivity contribution in [3.63, 3.8) is 0 Å². The third kappa shape index (κ3) is 5.26. The summed E-state index contributed by atoms with van der Waals surface area (Å²) in [6, 6.07) is 25.1. The number of rotatable bonds is 7. The summed E-state index contributed by atoms with van der Waals surface area (Å²) in [5.74, 6) is 0.595. The number of nitrogens with zero attached hydrogens (tertiary/aromatic N) is 2. The van der Waals surface area contributed by atoms with Crippen LogP contribution in [0.25, 0.3) is 0 Å². The Bertz CT molecular complexity index is 1160. The third-order valence-corrected chi connectivity index (χ3v) is 7.94. The molecule has 0 unspecified atom stereocenters. The van der Waals surface area contributed by atoms with Crippen LogP contribution in [0.2, 0.25) is 0 Å². The van der Waals surface area contributed by atoms with Gasteiger partial charge in [-0.25, -0.2) is 8.42 Å². The molecule has 1 aliphatic rings. The normalized spacial score (nSPS) is 14.9. The number of carbonyl (C=O) groups excluding carboxylic acids is 1. The van der Waals surface area contributed by atoms with Crippen LogP contribution in [0, 0.1) is 0 Å². The largest absolute Gasteiger partial charge is 0.497 e. The van der Waals surface area contributed by atoms with Crippen LogP contribution in [0.15, 0.2) is 89.8 Å². The standard InChI is InChI=1S/C26H28N2O4S/c1-32-24-12-14-25(15-13-24)33(30,31)28(20-21-8-4-2-5-9-21)23-16-18-27(19-17-23)26(29)22-10-6-3-7-11-22/h2-15,23H,16-20H2,1H3. The number of amides is 1. The van der Waals surface area contributed by atoms with Gasteiger partial charge in [-0.2, -0.15) is 4.31 Å². The summed E-state index contributed by atoms with van der Waals surface area (Å²) in [5.41, 5.74) is 1.58. The van der Waals surface area contributed by atoms with Crippen molar-refractivity contribution in [3.8, 4) is 5.75 Å². The summed E-state index contributed by atoms with van der Waals surface area (Å²) in [6.45, 7) is 1.32. The number of piperidine rings is 1. The van der Waals surface area contributed by atoms with E-state index in [2.05, 4.69) is 0 Å². The molecule has 3 aromatic rings. The lowest BCUT2D eigenvalue weighted by Gasteiger charge is -2.38. The maximum Gasteiger partial charge on any atom is 0.253 e. The van der Waals surface area contributed by atoms with E-state index >= 15 is 0 Å². The summed E-state index contributed by atoms with van der Waals surface area (Å²) in [6.07, 6.45) is 1.17. The molecule has 0 atom stereocenters. The van der Waals surface area contributed by atoms with Crippen molar-refractivity contribution in [1.29, 1.82) is 0 Å². The number of carbonyl (C=O) groups is 1. The Morgan fingerprint density at radius 2 is 1.48 bits per heavy atom. The first-order valence-electron chi connectivity index (χ1n) is 11.0. The van der Waals surface area contributed by atoms with Crippen LogP contribution in [-0.4, -0.2) is 49.8 Å². The van der Waals surface area contributed by atoms with Crippen molar-refractivity contribution in [2.45, 2.75) is 30.3 Å². The van der Waals surface area contributed by atoms with Gasteiger partial charge in [0.15, 0.2) is 0 Å². The van der Waals surface area contributed by atoms with Gasteiger partial charge in [-0.1, -0.05) is 48.5 Å². The lowest BCUT2D eigenvalue weighted by Crippen LogP contribution is -2.48. The average Bonchev–Trinajstić information content (AvgIpc) is 2.88. The molecular weight excluding hydrogens is 436 g/mol. The minimum atomic E-state index is -3.74. The topological polar surface area (TPSA) is 66.9 Å². The molecule has 0 spiro atoms. The first kappa shape index (κ1) is 23.0. The fourth-order valence-electron chi connectivity index (χ4n) is 4.18. The zero-order valence-electron chi connectivity index (χ0n) is 18.6. The Morgan fingerprint density at radius 1 is 0.909 bits per heavy atom. The van der Waals surface area contributed by atoms with E-state index in [-0.39, 0.29) is 23.4 Å². The molecule has 3 aromatic carbocycles. The Hall–Kier alpha value is -3.16. The monoisotopic (exact) mass is 464 g/mol. The molecule has 0 saturated carbocycles. The number of benzene rings is 3. The van der Waals surface area contributed by atoms with Crippen LogP contribution in [0.3, 0.4) is 0 Å². The minimum Gasteiger partial charge on any atom is -0.497 e. The lowest BCUT2D eigenvalue weighted by atomic mass is 10.0. The maximum atomic E-state index is 13.7. The summed E-state index contributed by atoms with van der Waals surface area (Å²) < 4.78 is 34.1. The Kier molecular flexibility index (Phi) is 7.11. The van der Waals surface area contributed by atoms with Gasteiger partial charge in [-0.05, 0) is 54.8 Å². The molecule has 1 aliphatic heterocycles. The summed E-state index contributed by atoms with van der Waals surface area (Å²) >= 11 is 0. The highest BCUT2D eigenvalue weighted by molar-refractivity contribution is 7.89. The maximum absolute atomic E-state index is 13.7. The molecule has 4 rings (SSSR count). The summed E-state index contributed by atoms with van der Waals surface area (Å²) in [4.78, 5) is 14.9. The van der Waals surface area contributed by atoms with Gasteiger partial charge in [-0.3, -0.25) is 4.79 Å². The van der Waals surface area contributed by atoms with Crippen molar-refractivity contribution < 1.29 is 17.9 Å². The van der Waals surface area contributed by atoms with E-state index in [1.165, 1.54) is 0 Å². The molecule has 0 bridgehead atoms. The summed E-state index contributed by atoms with van der Waals surface area (Å²) in [5, 5.41) is 0. The van der Waals surface area contributed by atoms with Crippen molar-refractivity contribution in [1.82, 2.24) is 9.21 Å². The van der Waals surface area contributed by atoms with Gasteiger partial charge in [-0.15, -0.1) is 0 Å². The van der Waals surface area contributed by atoms with E-state index in [0.717, 1.165) is 5.56 Å². The molecule has 0 radical (unpaired) electrons. The van der Waals surface area contributed by atoms with Crippen molar-refractivity contribution in [3.05, 3.63) is 96.1 Å². The van der Waals surface area contributed by atoms with Crippen LogP contribution in [-0.2, 0) is 16.6 Å². The van der Waals surface area contributed by atoms with Gasteiger partial charge in [0.25, 0.3) is 5.91 Å². The number of sulfonamides is 1. The van der Waals surface area contributed by atoms with E-state index in [4.69, 9.17) is 4.74 Å². The molecule has 1 saturated heterocycles. The van der Waals surface area contributed by atoms with Crippen LogP contribution < -0.4 is 4.74 Å².